The first-order valence-corrected chi connectivity index (χ1v) is 5.98. The van der Waals surface area contributed by atoms with Crippen LogP contribution in [0.2, 0.25) is 0 Å². The van der Waals surface area contributed by atoms with Gasteiger partial charge in [0, 0.05) is 13.1 Å². The van der Waals surface area contributed by atoms with Gasteiger partial charge in [0.1, 0.15) is 0 Å². The largest absolute Gasteiger partial charge is 0.316 e. The van der Waals surface area contributed by atoms with Gasteiger partial charge >= 0.3 is 0 Å². The van der Waals surface area contributed by atoms with Gasteiger partial charge in [-0.15, -0.1) is 0 Å². The van der Waals surface area contributed by atoms with Crippen molar-refractivity contribution in [2.75, 3.05) is 32.7 Å². The Balaban J connectivity index is 3.79. The van der Waals surface area contributed by atoms with Crippen LogP contribution in [0, 0.1) is 5.41 Å². The highest BCUT2D eigenvalue weighted by atomic mass is 15.1. The molecule has 0 spiro atoms. The molecule has 0 aliphatic carbocycles. The Bertz CT molecular complexity index is 128. The first-order valence-electron chi connectivity index (χ1n) is 5.98. The lowest BCUT2D eigenvalue weighted by atomic mass is 9.92. The number of hydrogen-bond acceptors (Lipinski definition) is 2. The van der Waals surface area contributed by atoms with Gasteiger partial charge in [0.15, 0.2) is 0 Å². The first kappa shape index (κ1) is 13.9. The van der Waals surface area contributed by atoms with Crippen molar-refractivity contribution in [3.63, 3.8) is 0 Å². The Kier molecular flexibility index (Phi) is 7.20. The summed E-state index contributed by atoms with van der Waals surface area (Å²) in [4.78, 5) is 2.49. The van der Waals surface area contributed by atoms with Gasteiger partial charge in [-0.1, -0.05) is 34.6 Å². The summed E-state index contributed by atoms with van der Waals surface area (Å²) in [5.41, 5.74) is 0.390. The standard InChI is InChI=1S/C12H28N2/c1-6-9-13-10-12(4,5)11-14(7-2)8-3/h13H,6-11H2,1-5H3. The smallest absolute Gasteiger partial charge is 0.00446 e. The summed E-state index contributed by atoms with van der Waals surface area (Å²) in [6.45, 7) is 17.1. The molecular formula is C12H28N2. The lowest BCUT2D eigenvalue weighted by molar-refractivity contribution is 0.188. The average Bonchev–Trinajstić information content (AvgIpc) is 2.14. The number of nitrogens with zero attached hydrogens (tertiary/aromatic N) is 1. The monoisotopic (exact) mass is 200 g/mol. The summed E-state index contributed by atoms with van der Waals surface area (Å²) in [6.07, 6.45) is 1.22. The van der Waals surface area contributed by atoms with E-state index in [0.29, 0.717) is 5.41 Å². The molecule has 0 fully saturated rings. The van der Waals surface area contributed by atoms with E-state index in [4.69, 9.17) is 0 Å². The van der Waals surface area contributed by atoms with E-state index in [1.807, 2.05) is 0 Å². The van der Waals surface area contributed by atoms with Crippen LogP contribution in [0.1, 0.15) is 41.0 Å². The second-order valence-electron chi connectivity index (χ2n) is 4.80. The van der Waals surface area contributed by atoms with Crippen molar-refractivity contribution >= 4 is 0 Å². The molecule has 0 aliphatic heterocycles. The summed E-state index contributed by atoms with van der Waals surface area (Å²) < 4.78 is 0. The van der Waals surface area contributed by atoms with Gasteiger partial charge in [0.25, 0.3) is 0 Å². The van der Waals surface area contributed by atoms with Gasteiger partial charge in [-0.2, -0.15) is 0 Å². The maximum absolute atomic E-state index is 3.50. The van der Waals surface area contributed by atoms with Crippen molar-refractivity contribution in [2.45, 2.75) is 41.0 Å². The zero-order chi connectivity index (χ0) is 11.0. The van der Waals surface area contributed by atoms with E-state index < -0.39 is 0 Å². The first-order chi connectivity index (χ1) is 6.55. The van der Waals surface area contributed by atoms with Crippen molar-refractivity contribution in [1.82, 2.24) is 10.2 Å². The van der Waals surface area contributed by atoms with Gasteiger partial charge in [-0.3, -0.25) is 0 Å². The average molecular weight is 200 g/mol. The second-order valence-corrected chi connectivity index (χ2v) is 4.80. The van der Waals surface area contributed by atoms with Crippen LogP contribution in [0.4, 0.5) is 0 Å². The molecule has 0 heterocycles. The van der Waals surface area contributed by atoms with E-state index >= 15 is 0 Å². The molecule has 0 atom stereocenters. The van der Waals surface area contributed by atoms with E-state index in [2.05, 4.69) is 44.8 Å². The molecule has 14 heavy (non-hydrogen) atoms. The molecule has 0 bridgehead atoms. The van der Waals surface area contributed by atoms with Crippen molar-refractivity contribution in [1.29, 1.82) is 0 Å². The van der Waals surface area contributed by atoms with Crippen molar-refractivity contribution in [2.24, 2.45) is 5.41 Å². The Morgan fingerprint density at radius 1 is 1.07 bits per heavy atom. The highest BCUT2D eigenvalue weighted by Gasteiger charge is 2.19. The van der Waals surface area contributed by atoms with Crippen LogP contribution in [0.15, 0.2) is 0 Å². The van der Waals surface area contributed by atoms with Crippen LogP contribution >= 0.6 is 0 Å². The molecule has 0 amide bonds. The molecule has 0 saturated carbocycles. The molecule has 2 heteroatoms. The summed E-state index contributed by atoms with van der Waals surface area (Å²) in [6, 6.07) is 0. The normalized spacial score (nSPS) is 12.4. The van der Waals surface area contributed by atoms with Crippen LogP contribution < -0.4 is 5.32 Å². The van der Waals surface area contributed by atoms with E-state index in [1.165, 1.54) is 13.0 Å². The van der Waals surface area contributed by atoms with Crippen LogP contribution in [0.3, 0.4) is 0 Å². The summed E-state index contributed by atoms with van der Waals surface area (Å²) in [7, 11) is 0. The minimum absolute atomic E-state index is 0.390. The fraction of sp³-hybridized carbons (Fsp3) is 1.00. The van der Waals surface area contributed by atoms with Crippen molar-refractivity contribution in [3.8, 4) is 0 Å². The molecule has 86 valence electrons. The SMILES string of the molecule is CCCNCC(C)(C)CN(CC)CC. The number of hydrogen-bond donors (Lipinski definition) is 1. The minimum atomic E-state index is 0.390. The van der Waals surface area contributed by atoms with Gasteiger partial charge in [0.2, 0.25) is 0 Å². The Morgan fingerprint density at radius 2 is 1.64 bits per heavy atom. The Hall–Kier alpha value is -0.0800. The van der Waals surface area contributed by atoms with Gasteiger partial charge in [0.05, 0.1) is 0 Å². The van der Waals surface area contributed by atoms with Gasteiger partial charge in [-0.05, 0) is 31.5 Å². The van der Waals surface area contributed by atoms with E-state index in [1.54, 1.807) is 0 Å². The minimum Gasteiger partial charge on any atom is -0.316 e. The number of nitrogens with one attached hydrogen (secondary N) is 1. The summed E-state index contributed by atoms with van der Waals surface area (Å²) >= 11 is 0. The molecule has 0 rings (SSSR count). The van der Waals surface area contributed by atoms with Crippen LogP contribution in [0.25, 0.3) is 0 Å². The molecule has 0 aromatic carbocycles. The summed E-state index contributed by atoms with van der Waals surface area (Å²) in [5.74, 6) is 0. The fourth-order valence-electron chi connectivity index (χ4n) is 1.71. The molecular weight excluding hydrogens is 172 g/mol. The van der Waals surface area contributed by atoms with E-state index in [-0.39, 0.29) is 0 Å². The maximum atomic E-state index is 3.50. The zero-order valence-corrected chi connectivity index (χ0v) is 10.7. The van der Waals surface area contributed by atoms with E-state index in [9.17, 15) is 0 Å². The van der Waals surface area contributed by atoms with Gasteiger partial charge in [-0.25, -0.2) is 0 Å². The molecule has 0 aromatic heterocycles. The molecule has 0 unspecified atom stereocenters. The maximum Gasteiger partial charge on any atom is 0.00446 e. The molecule has 0 saturated heterocycles. The zero-order valence-electron chi connectivity index (χ0n) is 10.7. The number of rotatable bonds is 8. The van der Waals surface area contributed by atoms with Crippen molar-refractivity contribution in [3.05, 3.63) is 0 Å². The molecule has 0 aromatic rings. The van der Waals surface area contributed by atoms with Crippen LogP contribution in [-0.2, 0) is 0 Å². The lowest BCUT2D eigenvalue weighted by Crippen LogP contribution is -2.40. The predicted molar refractivity (Wildman–Crippen MR) is 64.7 cm³/mol. The fourth-order valence-corrected chi connectivity index (χ4v) is 1.71. The Labute approximate surface area is 90.1 Å². The molecule has 0 radical (unpaired) electrons. The van der Waals surface area contributed by atoms with Crippen LogP contribution in [-0.4, -0.2) is 37.6 Å². The third-order valence-corrected chi connectivity index (χ3v) is 2.58. The molecule has 1 N–H and O–H groups in total. The lowest BCUT2D eigenvalue weighted by Gasteiger charge is -2.31. The second kappa shape index (κ2) is 7.24. The Morgan fingerprint density at radius 3 is 2.07 bits per heavy atom. The molecule has 2 nitrogen and oxygen atoms in total. The third kappa shape index (κ3) is 6.39. The van der Waals surface area contributed by atoms with Crippen molar-refractivity contribution < 1.29 is 0 Å². The highest BCUT2D eigenvalue weighted by molar-refractivity contribution is 4.75. The topological polar surface area (TPSA) is 15.3 Å². The molecule has 0 aliphatic rings. The summed E-state index contributed by atoms with van der Waals surface area (Å²) in [5, 5.41) is 3.50. The third-order valence-electron chi connectivity index (χ3n) is 2.58. The van der Waals surface area contributed by atoms with Gasteiger partial charge < -0.3 is 10.2 Å². The quantitative estimate of drug-likeness (QED) is 0.605. The van der Waals surface area contributed by atoms with Crippen LogP contribution in [0.5, 0.6) is 0 Å². The van der Waals surface area contributed by atoms with E-state index in [0.717, 1.165) is 26.2 Å². The highest BCUT2D eigenvalue weighted by Crippen LogP contribution is 2.15. The predicted octanol–water partition coefficient (Wildman–Crippen LogP) is 2.35.